The molecule has 1 saturated heterocycles. The average molecular weight is 502 g/mol. The van der Waals surface area contributed by atoms with Crippen LogP contribution in [0.3, 0.4) is 0 Å². The molecule has 2 unspecified atom stereocenters. The van der Waals surface area contributed by atoms with Crippen LogP contribution in [0.15, 0.2) is 42.5 Å². The third kappa shape index (κ3) is 5.17. The van der Waals surface area contributed by atoms with Gasteiger partial charge in [-0.2, -0.15) is 5.26 Å². The molecule has 5 rings (SSSR count). The van der Waals surface area contributed by atoms with Gasteiger partial charge in [0, 0.05) is 29.6 Å². The molecule has 37 heavy (non-hydrogen) atoms. The van der Waals surface area contributed by atoms with Gasteiger partial charge in [0.05, 0.1) is 30.0 Å². The zero-order valence-electron chi connectivity index (χ0n) is 21.8. The maximum atomic E-state index is 12.4. The normalized spacial score (nSPS) is 18.4. The molecule has 2 aliphatic rings. The number of carbonyl (C=O) groups is 1. The highest BCUT2D eigenvalue weighted by Gasteiger charge is 2.28. The number of anilines is 1. The zero-order chi connectivity index (χ0) is 25.9. The first-order chi connectivity index (χ1) is 18.0. The van der Waals surface area contributed by atoms with Crippen molar-refractivity contribution in [2.24, 2.45) is 5.92 Å². The van der Waals surface area contributed by atoms with Gasteiger partial charge in [-0.25, -0.2) is 4.79 Å². The van der Waals surface area contributed by atoms with Crippen LogP contribution in [0.25, 0.3) is 22.2 Å². The highest BCUT2D eigenvalue weighted by atomic mass is 16.6. The topological polar surface area (TPSA) is 85.5 Å². The molecule has 1 aliphatic heterocycles. The van der Waals surface area contributed by atoms with Crippen molar-refractivity contribution in [2.75, 3.05) is 18.5 Å². The summed E-state index contributed by atoms with van der Waals surface area (Å²) in [6, 6.07) is 16.5. The van der Waals surface area contributed by atoms with E-state index in [-0.39, 0.29) is 18.1 Å². The fourth-order valence-corrected chi connectivity index (χ4v) is 5.27. The van der Waals surface area contributed by atoms with Crippen molar-refractivity contribution in [3.63, 3.8) is 0 Å². The van der Waals surface area contributed by atoms with Gasteiger partial charge in [-0.05, 0) is 61.4 Å². The number of nitriles is 1. The van der Waals surface area contributed by atoms with Crippen LogP contribution >= 0.6 is 0 Å². The monoisotopic (exact) mass is 501 g/mol. The minimum Gasteiger partial charge on any atom is -0.488 e. The summed E-state index contributed by atoms with van der Waals surface area (Å²) in [5.41, 5.74) is 4.22. The molecule has 1 saturated carbocycles. The van der Waals surface area contributed by atoms with Crippen LogP contribution < -0.4 is 10.1 Å². The third-order valence-electron chi connectivity index (χ3n) is 7.53. The molecule has 2 heterocycles. The number of nitrogens with one attached hydrogen (secondary N) is 1. The lowest BCUT2D eigenvalue weighted by atomic mass is 9.92. The molecule has 0 bridgehead atoms. The number of amides is 1. The van der Waals surface area contributed by atoms with Gasteiger partial charge in [0.1, 0.15) is 24.0 Å². The third-order valence-corrected chi connectivity index (χ3v) is 7.53. The Labute approximate surface area is 218 Å². The van der Waals surface area contributed by atoms with Crippen molar-refractivity contribution in [3.8, 4) is 23.1 Å². The lowest BCUT2D eigenvalue weighted by Gasteiger charge is -2.30. The first kappa shape index (κ1) is 25.2. The van der Waals surface area contributed by atoms with Crippen LogP contribution in [-0.4, -0.2) is 36.1 Å². The first-order valence-corrected chi connectivity index (χ1v) is 13.4. The van der Waals surface area contributed by atoms with Gasteiger partial charge in [-0.3, -0.25) is 5.32 Å². The van der Waals surface area contributed by atoms with E-state index in [1.807, 2.05) is 57.2 Å². The van der Waals surface area contributed by atoms with E-state index < -0.39 is 6.09 Å². The highest BCUT2D eigenvalue weighted by Crippen LogP contribution is 2.43. The average Bonchev–Trinajstić information content (AvgIpc) is 3.48. The maximum Gasteiger partial charge on any atom is 0.411 e. The van der Waals surface area contributed by atoms with Crippen molar-refractivity contribution in [1.82, 2.24) is 4.57 Å². The predicted octanol–water partition coefficient (Wildman–Crippen LogP) is 7.06. The molecule has 1 aliphatic carbocycles. The second-order valence-corrected chi connectivity index (χ2v) is 10.4. The van der Waals surface area contributed by atoms with Gasteiger partial charge in [-0.15, -0.1) is 0 Å². The Morgan fingerprint density at radius 2 is 1.97 bits per heavy atom. The van der Waals surface area contributed by atoms with Gasteiger partial charge >= 0.3 is 6.09 Å². The predicted molar refractivity (Wildman–Crippen MR) is 144 cm³/mol. The van der Waals surface area contributed by atoms with Crippen molar-refractivity contribution < 1.29 is 19.0 Å². The number of fused-ring (bicyclic) bond motifs is 1. The van der Waals surface area contributed by atoms with E-state index in [0.29, 0.717) is 23.9 Å². The number of rotatable bonds is 8. The van der Waals surface area contributed by atoms with Crippen molar-refractivity contribution in [3.05, 3.63) is 48.0 Å². The molecular formula is C30H35N3O4. The van der Waals surface area contributed by atoms with E-state index in [1.165, 1.54) is 6.42 Å². The van der Waals surface area contributed by atoms with E-state index in [9.17, 15) is 10.1 Å². The molecule has 2 atom stereocenters. The number of hydrogen-bond acceptors (Lipinski definition) is 5. The molecule has 2 fully saturated rings. The largest absolute Gasteiger partial charge is 0.488 e. The number of nitrogens with zero attached hydrogens (tertiary/aromatic N) is 2. The number of benzene rings is 2. The summed E-state index contributed by atoms with van der Waals surface area (Å²) in [6.45, 7) is 7.44. The Kier molecular flexibility index (Phi) is 7.38. The second kappa shape index (κ2) is 10.9. The van der Waals surface area contributed by atoms with E-state index in [1.54, 1.807) is 0 Å². The maximum absolute atomic E-state index is 12.4. The molecule has 7 heteroatoms. The molecule has 1 N–H and O–H groups in total. The quantitative estimate of drug-likeness (QED) is 0.357. The summed E-state index contributed by atoms with van der Waals surface area (Å²) in [5, 5.41) is 14.0. The van der Waals surface area contributed by atoms with E-state index >= 15 is 0 Å². The van der Waals surface area contributed by atoms with E-state index in [4.69, 9.17) is 14.2 Å². The first-order valence-electron chi connectivity index (χ1n) is 13.4. The van der Waals surface area contributed by atoms with Gasteiger partial charge in [0.15, 0.2) is 0 Å². The molecular weight excluding hydrogens is 466 g/mol. The Bertz CT molecular complexity index is 1300. The zero-order valence-corrected chi connectivity index (χ0v) is 21.8. The Morgan fingerprint density at radius 3 is 2.57 bits per heavy atom. The fourth-order valence-electron chi connectivity index (χ4n) is 5.27. The van der Waals surface area contributed by atoms with Crippen LogP contribution in [0, 0.1) is 17.2 Å². The van der Waals surface area contributed by atoms with Crippen LogP contribution in [-0.2, 0) is 9.47 Å². The van der Waals surface area contributed by atoms with Crippen molar-refractivity contribution in [1.29, 1.82) is 5.26 Å². The summed E-state index contributed by atoms with van der Waals surface area (Å²) in [4.78, 5) is 12.4. The Balaban J connectivity index is 1.46. The van der Waals surface area contributed by atoms with Crippen LogP contribution in [0.5, 0.6) is 5.75 Å². The molecule has 3 aromatic rings. The van der Waals surface area contributed by atoms with Crippen LogP contribution in [0.2, 0.25) is 0 Å². The van der Waals surface area contributed by atoms with Gasteiger partial charge in [-0.1, -0.05) is 32.9 Å². The summed E-state index contributed by atoms with van der Waals surface area (Å²) >= 11 is 0. The molecule has 194 valence electrons. The van der Waals surface area contributed by atoms with E-state index in [0.717, 1.165) is 60.2 Å². The number of carbonyl (C=O) groups excluding carboxylic acids is 1. The van der Waals surface area contributed by atoms with Crippen LogP contribution in [0.4, 0.5) is 10.5 Å². The molecule has 7 nitrogen and oxygen atoms in total. The minimum absolute atomic E-state index is 0.0688. The Morgan fingerprint density at radius 1 is 1.19 bits per heavy atom. The summed E-state index contributed by atoms with van der Waals surface area (Å²) in [7, 11) is 0. The highest BCUT2D eigenvalue weighted by molar-refractivity contribution is 5.96. The molecule has 2 aromatic carbocycles. The summed E-state index contributed by atoms with van der Waals surface area (Å²) < 4.78 is 19.5. The summed E-state index contributed by atoms with van der Waals surface area (Å²) in [5.74, 6) is 1.07. The second-order valence-electron chi connectivity index (χ2n) is 10.4. The fraction of sp³-hybridized carbons (Fsp3) is 0.467. The van der Waals surface area contributed by atoms with Gasteiger partial charge in [0.2, 0.25) is 0 Å². The molecule has 1 aromatic heterocycles. The van der Waals surface area contributed by atoms with Crippen molar-refractivity contribution in [2.45, 2.75) is 71.1 Å². The van der Waals surface area contributed by atoms with Gasteiger partial charge in [0.25, 0.3) is 0 Å². The number of aromatic nitrogens is 1. The number of ether oxygens (including phenoxy) is 3. The van der Waals surface area contributed by atoms with E-state index in [2.05, 4.69) is 22.0 Å². The lowest BCUT2D eigenvalue weighted by Crippen LogP contribution is -2.26. The SMILES string of the molecule is CCC(OC(=O)Nc1ccc(-c2c(C#N)c3ccc(OC4CCOC4)cc3n2C2CCC2)cc1)C(C)C. The van der Waals surface area contributed by atoms with Gasteiger partial charge < -0.3 is 18.8 Å². The van der Waals surface area contributed by atoms with Crippen molar-refractivity contribution >= 4 is 22.7 Å². The standard InChI is InChI=1S/C30H35N3O4/c1-4-28(19(2)3)37-30(34)32-21-10-8-20(9-11-21)29-26(17-31)25-13-12-23(36-24-14-15-35-18-24)16-27(25)33(29)22-6-5-7-22/h8-13,16,19,22,24,28H,4-7,14-15,18H2,1-3H3,(H,32,34). The lowest BCUT2D eigenvalue weighted by molar-refractivity contribution is 0.0797. The van der Waals surface area contributed by atoms with Crippen LogP contribution in [0.1, 0.15) is 64.5 Å². The molecule has 0 radical (unpaired) electrons. The Hall–Kier alpha value is -3.50. The number of hydrogen-bond donors (Lipinski definition) is 1. The molecule has 1 amide bonds. The molecule has 0 spiro atoms. The summed E-state index contributed by atoms with van der Waals surface area (Å²) in [6.07, 6.45) is 4.52. The smallest absolute Gasteiger partial charge is 0.411 e. The minimum atomic E-state index is -0.449.